The molecule has 7 heteroatoms. The molecule has 0 radical (unpaired) electrons. The fourth-order valence-electron chi connectivity index (χ4n) is 1.66. The number of nitrogens with two attached hydrogens (primary N) is 1. The summed E-state index contributed by atoms with van der Waals surface area (Å²) in [6.07, 6.45) is 0. The van der Waals surface area contributed by atoms with Crippen molar-refractivity contribution in [3.63, 3.8) is 0 Å². The molecule has 0 spiro atoms. The van der Waals surface area contributed by atoms with Crippen molar-refractivity contribution < 1.29 is 12.9 Å². The highest BCUT2D eigenvalue weighted by molar-refractivity contribution is 7.91. The van der Waals surface area contributed by atoms with Gasteiger partial charge in [0.1, 0.15) is 17.2 Å². The lowest BCUT2D eigenvalue weighted by atomic mass is 10.2. The van der Waals surface area contributed by atoms with Gasteiger partial charge in [0.25, 0.3) is 0 Å². The lowest BCUT2D eigenvalue weighted by Crippen LogP contribution is -2.15. The molecular formula is C12H15N3O3S. The molecule has 0 fully saturated rings. The van der Waals surface area contributed by atoms with Crippen molar-refractivity contribution in [3.05, 3.63) is 47.3 Å². The molecule has 0 atom stereocenters. The van der Waals surface area contributed by atoms with Crippen LogP contribution in [0.1, 0.15) is 17.0 Å². The predicted molar refractivity (Wildman–Crippen MR) is 71.8 cm³/mol. The lowest BCUT2D eigenvalue weighted by Gasteiger charge is -2.07. The molecule has 0 saturated heterocycles. The highest BCUT2D eigenvalue weighted by atomic mass is 32.2. The van der Waals surface area contributed by atoms with Crippen molar-refractivity contribution >= 4 is 15.7 Å². The monoisotopic (exact) mass is 281 g/mol. The average Bonchev–Trinajstić information content (AvgIpc) is 2.73. The first-order chi connectivity index (χ1) is 8.98. The number of anilines is 1. The number of hydrogen-bond acceptors (Lipinski definition) is 5. The minimum absolute atomic E-state index is 0.225. The van der Waals surface area contributed by atoms with Gasteiger partial charge >= 0.3 is 0 Å². The Labute approximate surface area is 111 Å². The van der Waals surface area contributed by atoms with Crippen molar-refractivity contribution in [1.82, 2.24) is 5.16 Å². The average molecular weight is 281 g/mol. The van der Waals surface area contributed by atoms with E-state index in [9.17, 15) is 8.42 Å². The minimum atomic E-state index is -3.51. The number of rotatable bonds is 5. The summed E-state index contributed by atoms with van der Waals surface area (Å²) in [5.74, 6) is 0.354. The van der Waals surface area contributed by atoms with Crippen molar-refractivity contribution in [2.75, 3.05) is 4.72 Å². The first-order valence-corrected chi connectivity index (χ1v) is 7.35. The molecule has 0 aliphatic carbocycles. The second kappa shape index (κ2) is 5.41. The number of benzene rings is 1. The molecule has 0 aliphatic heterocycles. The number of nitrogens with zero attached hydrogens (tertiary/aromatic N) is 1. The van der Waals surface area contributed by atoms with Gasteiger partial charge in [0.05, 0.1) is 0 Å². The summed E-state index contributed by atoms with van der Waals surface area (Å²) < 4.78 is 31.2. The molecule has 2 aromatic rings. The SMILES string of the molecule is Cc1cc(CS(=O)(=O)Nc2cccc(CN)c2)no1. The fraction of sp³-hybridized carbons (Fsp3) is 0.250. The van der Waals surface area contributed by atoms with Crippen LogP contribution >= 0.6 is 0 Å². The number of aromatic nitrogens is 1. The zero-order valence-corrected chi connectivity index (χ0v) is 11.3. The molecule has 1 aromatic carbocycles. The zero-order chi connectivity index (χ0) is 13.9. The predicted octanol–water partition coefficient (Wildman–Crippen LogP) is 1.38. The molecule has 0 unspecified atom stereocenters. The van der Waals surface area contributed by atoms with E-state index in [0.717, 1.165) is 5.56 Å². The Morgan fingerprint density at radius 1 is 1.37 bits per heavy atom. The van der Waals surface area contributed by atoms with Crippen LogP contribution in [0, 0.1) is 6.92 Å². The van der Waals surface area contributed by atoms with Crippen molar-refractivity contribution in [3.8, 4) is 0 Å². The molecule has 1 aromatic heterocycles. The van der Waals surface area contributed by atoms with Gasteiger partial charge in [-0.25, -0.2) is 8.42 Å². The number of hydrogen-bond donors (Lipinski definition) is 2. The summed E-state index contributed by atoms with van der Waals surface area (Å²) in [6.45, 7) is 2.07. The van der Waals surface area contributed by atoms with Crippen molar-refractivity contribution in [2.24, 2.45) is 5.73 Å². The smallest absolute Gasteiger partial charge is 0.238 e. The summed E-state index contributed by atoms with van der Waals surface area (Å²) in [4.78, 5) is 0. The Hall–Kier alpha value is -1.86. The van der Waals surface area contributed by atoms with Crippen LogP contribution in [-0.2, 0) is 22.3 Å². The van der Waals surface area contributed by atoms with Crippen LogP contribution in [0.4, 0.5) is 5.69 Å². The normalized spacial score (nSPS) is 11.5. The molecule has 6 nitrogen and oxygen atoms in total. The van der Waals surface area contributed by atoms with E-state index in [-0.39, 0.29) is 5.75 Å². The molecule has 3 N–H and O–H groups in total. The van der Waals surface area contributed by atoms with Gasteiger partial charge in [0.15, 0.2) is 0 Å². The zero-order valence-electron chi connectivity index (χ0n) is 10.5. The van der Waals surface area contributed by atoms with Gasteiger partial charge in [-0.15, -0.1) is 0 Å². The Morgan fingerprint density at radius 3 is 2.79 bits per heavy atom. The third-order valence-corrected chi connectivity index (χ3v) is 3.67. The maximum absolute atomic E-state index is 12.0. The lowest BCUT2D eigenvalue weighted by molar-refractivity contribution is 0.392. The number of sulfonamides is 1. The number of aryl methyl sites for hydroxylation is 1. The molecule has 2 rings (SSSR count). The highest BCUT2D eigenvalue weighted by Crippen LogP contribution is 2.14. The van der Waals surface area contributed by atoms with Crippen LogP contribution in [0.15, 0.2) is 34.9 Å². The molecular weight excluding hydrogens is 266 g/mol. The van der Waals surface area contributed by atoms with Gasteiger partial charge in [-0.05, 0) is 24.6 Å². The van der Waals surface area contributed by atoms with Gasteiger partial charge in [-0.1, -0.05) is 17.3 Å². The van der Waals surface area contributed by atoms with Gasteiger partial charge in [-0.2, -0.15) is 0 Å². The van der Waals surface area contributed by atoms with E-state index in [1.807, 2.05) is 6.07 Å². The third-order valence-electron chi connectivity index (χ3n) is 2.45. The Balaban J connectivity index is 2.12. The summed E-state index contributed by atoms with van der Waals surface area (Å²) >= 11 is 0. The fourth-order valence-corrected chi connectivity index (χ4v) is 2.74. The van der Waals surface area contributed by atoms with Gasteiger partial charge < -0.3 is 10.3 Å². The van der Waals surface area contributed by atoms with Crippen LogP contribution in [0.2, 0.25) is 0 Å². The van der Waals surface area contributed by atoms with Gasteiger partial charge in [0.2, 0.25) is 10.0 Å². The summed E-state index contributed by atoms with van der Waals surface area (Å²) in [6, 6.07) is 8.55. The van der Waals surface area contributed by atoms with E-state index in [0.29, 0.717) is 23.7 Å². The van der Waals surface area contributed by atoms with Crippen molar-refractivity contribution in [2.45, 2.75) is 19.2 Å². The summed E-state index contributed by atoms with van der Waals surface area (Å²) in [5.41, 5.74) is 7.23. The first kappa shape index (κ1) is 13.6. The van der Waals surface area contributed by atoms with Crippen LogP contribution in [-0.4, -0.2) is 13.6 Å². The van der Waals surface area contributed by atoms with Crippen LogP contribution in [0.5, 0.6) is 0 Å². The van der Waals surface area contributed by atoms with Gasteiger partial charge in [-0.3, -0.25) is 4.72 Å². The Kier molecular flexibility index (Phi) is 3.87. The van der Waals surface area contributed by atoms with E-state index in [1.54, 1.807) is 31.2 Å². The van der Waals surface area contributed by atoms with Crippen LogP contribution in [0.25, 0.3) is 0 Å². The largest absolute Gasteiger partial charge is 0.361 e. The van der Waals surface area contributed by atoms with Crippen LogP contribution in [0.3, 0.4) is 0 Å². The van der Waals surface area contributed by atoms with E-state index in [1.165, 1.54) is 0 Å². The van der Waals surface area contributed by atoms with Crippen LogP contribution < -0.4 is 10.5 Å². The van der Waals surface area contributed by atoms with E-state index in [4.69, 9.17) is 10.3 Å². The molecule has 0 saturated carbocycles. The summed E-state index contributed by atoms with van der Waals surface area (Å²) in [5, 5.41) is 3.66. The molecule has 19 heavy (non-hydrogen) atoms. The maximum atomic E-state index is 12.0. The maximum Gasteiger partial charge on any atom is 0.238 e. The second-order valence-corrected chi connectivity index (χ2v) is 5.92. The molecule has 0 amide bonds. The topological polar surface area (TPSA) is 98.2 Å². The van der Waals surface area contributed by atoms with E-state index >= 15 is 0 Å². The molecule has 1 heterocycles. The Morgan fingerprint density at radius 2 is 2.16 bits per heavy atom. The molecule has 102 valence electrons. The summed E-state index contributed by atoms with van der Waals surface area (Å²) in [7, 11) is -3.51. The standard InChI is InChI=1S/C12H15N3O3S/c1-9-5-12(14-18-9)8-19(16,17)15-11-4-2-3-10(6-11)7-13/h2-6,15H,7-8,13H2,1H3. The highest BCUT2D eigenvalue weighted by Gasteiger charge is 2.14. The third kappa shape index (κ3) is 3.80. The van der Waals surface area contributed by atoms with Crippen molar-refractivity contribution in [1.29, 1.82) is 0 Å². The molecule has 0 bridgehead atoms. The second-order valence-electron chi connectivity index (χ2n) is 4.19. The number of nitrogens with one attached hydrogen (secondary N) is 1. The molecule has 0 aliphatic rings. The van der Waals surface area contributed by atoms with E-state index < -0.39 is 10.0 Å². The van der Waals surface area contributed by atoms with Gasteiger partial charge in [0, 0.05) is 18.3 Å². The van der Waals surface area contributed by atoms with E-state index in [2.05, 4.69) is 9.88 Å². The first-order valence-electron chi connectivity index (χ1n) is 5.70. The minimum Gasteiger partial charge on any atom is -0.361 e. The quantitative estimate of drug-likeness (QED) is 0.862. The Bertz CT molecular complexity index is 664.